The number of nitrogens with one attached hydrogen (secondary N) is 1. The normalized spacial score (nSPS) is 14.8. The van der Waals surface area contributed by atoms with Crippen LogP contribution in [0.25, 0.3) is 10.2 Å². The number of thiophene rings is 1. The van der Waals surface area contributed by atoms with Gasteiger partial charge in [0.15, 0.2) is 5.13 Å². The van der Waals surface area contributed by atoms with Crippen molar-refractivity contribution in [1.82, 2.24) is 9.97 Å². The number of thiazole rings is 1. The summed E-state index contributed by atoms with van der Waals surface area (Å²) in [6.45, 7) is 1.90. The second kappa shape index (κ2) is 6.72. The molecule has 25 heavy (non-hydrogen) atoms. The Morgan fingerprint density at radius 3 is 2.76 bits per heavy atom. The number of hydrogen-bond acceptors (Lipinski definition) is 6. The number of carbonyl (C=O) groups excluding carboxylic acids is 1. The van der Waals surface area contributed by atoms with E-state index in [1.165, 1.54) is 59.6 Å². The van der Waals surface area contributed by atoms with Crippen LogP contribution in [0.5, 0.6) is 0 Å². The third kappa shape index (κ3) is 3.26. The van der Waals surface area contributed by atoms with Crippen molar-refractivity contribution < 1.29 is 4.79 Å². The summed E-state index contributed by atoms with van der Waals surface area (Å²) in [7, 11) is 0. The first-order valence-electron chi connectivity index (χ1n) is 8.56. The highest BCUT2D eigenvalue weighted by Crippen LogP contribution is 2.35. The van der Waals surface area contributed by atoms with Crippen molar-refractivity contribution in [3.63, 3.8) is 0 Å². The van der Waals surface area contributed by atoms with Crippen molar-refractivity contribution in [3.05, 3.63) is 33.3 Å². The van der Waals surface area contributed by atoms with Gasteiger partial charge in [-0.1, -0.05) is 12.8 Å². The van der Waals surface area contributed by atoms with Gasteiger partial charge >= 0.3 is 0 Å². The van der Waals surface area contributed by atoms with Gasteiger partial charge in [-0.2, -0.15) is 0 Å². The number of nitrogen functional groups attached to an aromatic ring is 1. The number of aryl methyl sites for hydroxylation is 3. The number of fused-ring (bicyclic) bond motifs is 2. The fourth-order valence-electron chi connectivity index (χ4n) is 3.25. The zero-order valence-corrected chi connectivity index (χ0v) is 15.7. The summed E-state index contributed by atoms with van der Waals surface area (Å²) >= 11 is 2.79. The molecule has 1 amide bonds. The van der Waals surface area contributed by atoms with Crippen LogP contribution in [0, 0.1) is 6.92 Å². The Bertz CT molecular complexity index is 944. The Kier molecular flexibility index (Phi) is 4.43. The molecule has 0 spiro atoms. The molecule has 3 heterocycles. The molecule has 3 aromatic heterocycles. The van der Waals surface area contributed by atoms with Crippen molar-refractivity contribution in [3.8, 4) is 0 Å². The number of rotatable bonds is 2. The molecule has 0 radical (unpaired) electrons. The smallest absolute Gasteiger partial charge is 0.269 e. The minimum Gasteiger partial charge on any atom is -0.397 e. The SMILES string of the molecule is Cc1csc(NC(=O)c2sc3nc4c(cc3c2N)CCCCCC4)n1. The van der Waals surface area contributed by atoms with E-state index in [-0.39, 0.29) is 5.91 Å². The van der Waals surface area contributed by atoms with E-state index in [0.29, 0.717) is 15.7 Å². The predicted octanol–water partition coefficient (Wildman–Crippen LogP) is 4.55. The van der Waals surface area contributed by atoms with E-state index in [1.807, 2.05) is 12.3 Å². The summed E-state index contributed by atoms with van der Waals surface area (Å²) in [4.78, 5) is 23.1. The average molecular weight is 373 g/mol. The standard InChI is InChI=1S/C18H20N4OS2/c1-10-9-24-18(20-10)22-16(23)15-14(19)12-8-11-6-4-2-3-5-7-13(11)21-17(12)25-15/h8-9H,2-7,19H2,1H3,(H,20,22,23). The molecule has 0 saturated carbocycles. The van der Waals surface area contributed by atoms with E-state index >= 15 is 0 Å². The van der Waals surface area contributed by atoms with Crippen molar-refractivity contribution in [2.75, 3.05) is 11.1 Å². The number of nitrogens with two attached hydrogens (primary N) is 1. The molecule has 0 unspecified atom stereocenters. The van der Waals surface area contributed by atoms with Gasteiger partial charge in [-0.25, -0.2) is 9.97 Å². The van der Waals surface area contributed by atoms with Crippen LogP contribution >= 0.6 is 22.7 Å². The lowest BCUT2D eigenvalue weighted by molar-refractivity contribution is 0.103. The number of anilines is 2. The quantitative estimate of drug-likeness (QED) is 0.691. The third-order valence-electron chi connectivity index (χ3n) is 4.55. The molecule has 3 aromatic rings. The molecule has 5 nitrogen and oxygen atoms in total. The lowest BCUT2D eigenvalue weighted by Crippen LogP contribution is -2.11. The molecule has 1 aliphatic rings. The monoisotopic (exact) mass is 372 g/mol. The first-order valence-corrected chi connectivity index (χ1v) is 10.3. The third-order valence-corrected chi connectivity index (χ3v) is 6.53. The molecule has 0 aliphatic heterocycles. The molecule has 1 aliphatic carbocycles. The molecule has 130 valence electrons. The number of aromatic nitrogens is 2. The van der Waals surface area contributed by atoms with Gasteiger partial charge in [0, 0.05) is 16.5 Å². The molecule has 0 aromatic carbocycles. The summed E-state index contributed by atoms with van der Waals surface area (Å²) < 4.78 is 0. The van der Waals surface area contributed by atoms with Crippen LogP contribution in [-0.2, 0) is 12.8 Å². The van der Waals surface area contributed by atoms with Gasteiger partial charge in [0.05, 0.1) is 11.4 Å². The fraction of sp³-hybridized carbons (Fsp3) is 0.389. The van der Waals surface area contributed by atoms with Crippen LogP contribution in [-0.4, -0.2) is 15.9 Å². The second-order valence-corrected chi connectivity index (χ2v) is 8.31. The van der Waals surface area contributed by atoms with Gasteiger partial charge in [-0.15, -0.1) is 22.7 Å². The number of pyridine rings is 1. The zero-order chi connectivity index (χ0) is 17.4. The summed E-state index contributed by atoms with van der Waals surface area (Å²) in [5, 5.41) is 6.25. The van der Waals surface area contributed by atoms with Crippen LogP contribution in [0.3, 0.4) is 0 Å². The maximum atomic E-state index is 12.6. The minimum absolute atomic E-state index is 0.206. The van der Waals surface area contributed by atoms with E-state index in [1.54, 1.807) is 0 Å². The fourth-order valence-corrected chi connectivity index (χ4v) is 4.92. The molecular weight excluding hydrogens is 352 g/mol. The Labute approximate surface area is 154 Å². The summed E-state index contributed by atoms with van der Waals surface area (Å²) in [6, 6.07) is 2.15. The first-order chi connectivity index (χ1) is 12.1. The minimum atomic E-state index is -0.206. The van der Waals surface area contributed by atoms with E-state index < -0.39 is 0 Å². The summed E-state index contributed by atoms with van der Waals surface area (Å²) in [6.07, 6.45) is 6.99. The van der Waals surface area contributed by atoms with E-state index in [0.717, 1.165) is 28.8 Å². The summed E-state index contributed by atoms with van der Waals surface area (Å²) in [5.41, 5.74) is 10.2. The lowest BCUT2D eigenvalue weighted by Gasteiger charge is -2.12. The van der Waals surface area contributed by atoms with Crippen LogP contribution in [0.1, 0.15) is 52.3 Å². The maximum absolute atomic E-state index is 12.6. The van der Waals surface area contributed by atoms with Crippen LogP contribution in [0.2, 0.25) is 0 Å². The molecule has 4 rings (SSSR count). The van der Waals surface area contributed by atoms with E-state index in [4.69, 9.17) is 10.7 Å². The molecule has 0 saturated heterocycles. The first kappa shape index (κ1) is 16.5. The molecule has 3 N–H and O–H groups in total. The van der Waals surface area contributed by atoms with Crippen LogP contribution < -0.4 is 11.1 Å². The number of carbonyl (C=O) groups is 1. The van der Waals surface area contributed by atoms with Gasteiger partial charge in [-0.3, -0.25) is 10.1 Å². The average Bonchev–Trinajstić information content (AvgIpc) is 3.11. The molecule has 0 atom stereocenters. The predicted molar refractivity (Wildman–Crippen MR) is 105 cm³/mol. The van der Waals surface area contributed by atoms with Gasteiger partial charge in [0.1, 0.15) is 9.71 Å². The van der Waals surface area contributed by atoms with Crippen LogP contribution in [0.4, 0.5) is 10.8 Å². The van der Waals surface area contributed by atoms with Crippen molar-refractivity contribution in [2.45, 2.75) is 45.4 Å². The highest BCUT2D eigenvalue weighted by atomic mass is 32.1. The Morgan fingerprint density at radius 2 is 2.00 bits per heavy atom. The Hall–Kier alpha value is -1.99. The highest BCUT2D eigenvalue weighted by Gasteiger charge is 2.20. The van der Waals surface area contributed by atoms with Gasteiger partial charge in [-0.05, 0) is 44.2 Å². The van der Waals surface area contributed by atoms with E-state index in [2.05, 4.69) is 16.4 Å². The van der Waals surface area contributed by atoms with Gasteiger partial charge in [0.25, 0.3) is 5.91 Å². The van der Waals surface area contributed by atoms with Crippen molar-refractivity contribution in [1.29, 1.82) is 0 Å². The topological polar surface area (TPSA) is 80.9 Å². The molecule has 0 fully saturated rings. The number of nitrogens with zero attached hydrogens (tertiary/aromatic N) is 2. The largest absolute Gasteiger partial charge is 0.397 e. The van der Waals surface area contributed by atoms with Gasteiger partial charge < -0.3 is 5.73 Å². The Morgan fingerprint density at radius 1 is 1.20 bits per heavy atom. The molecule has 0 bridgehead atoms. The summed E-state index contributed by atoms with van der Waals surface area (Å²) in [5.74, 6) is -0.206. The second-order valence-electron chi connectivity index (χ2n) is 6.45. The van der Waals surface area contributed by atoms with Crippen LogP contribution in [0.15, 0.2) is 11.4 Å². The number of hydrogen-bond donors (Lipinski definition) is 2. The van der Waals surface area contributed by atoms with Gasteiger partial charge in [0.2, 0.25) is 0 Å². The number of amides is 1. The van der Waals surface area contributed by atoms with Crippen molar-refractivity contribution in [2.24, 2.45) is 0 Å². The highest BCUT2D eigenvalue weighted by molar-refractivity contribution is 7.21. The Balaban J connectivity index is 1.70. The van der Waals surface area contributed by atoms with E-state index in [9.17, 15) is 4.79 Å². The zero-order valence-electron chi connectivity index (χ0n) is 14.1. The molecular formula is C18H20N4OS2. The van der Waals surface area contributed by atoms with Crippen molar-refractivity contribution >= 4 is 49.6 Å². The molecule has 7 heteroatoms. The lowest BCUT2D eigenvalue weighted by atomic mass is 9.96. The maximum Gasteiger partial charge on any atom is 0.269 e.